The van der Waals surface area contributed by atoms with Gasteiger partial charge in [0.25, 0.3) is 0 Å². The van der Waals surface area contributed by atoms with Crippen molar-refractivity contribution in [1.29, 1.82) is 0 Å². The Kier molecular flexibility index (Phi) is 6.50. The summed E-state index contributed by atoms with van der Waals surface area (Å²) >= 11 is 0. The molecule has 1 fully saturated rings. The fourth-order valence-corrected chi connectivity index (χ4v) is 0.523. The summed E-state index contributed by atoms with van der Waals surface area (Å²) < 4.78 is 0. The zero-order chi connectivity index (χ0) is 5.98. The number of nitrogens with one attached hydrogen (secondary N) is 2. The van der Waals surface area contributed by atoms with Crippen LogP contribution in [-0.2, 0) is 4.79 Å². The average molecular weight is 187 g/mol. The van der Waals surface area contributed by atoms with Gasteiger partial charge < -0.3 is 5.32 Å². The first-order chi connectivity index (χ1) is 3.79. The molecule has 0 unspecified atom stereocenters. The van der Waals surface area contributed by atoms with Crippen molar-refractivity contribution in [1.82, 2.24) is 10.6 Å². The van der Waals surface area contributed by atoms with Crippen LogP contribution in [0, 0.1) is 0 Å². The summed E-state index contributed by atoms with van der Waals surface area (Å²) in [7, 11) is 0. The second-order valence-corrected chi connectivity index (χ2v) is 1.55. The van der Waals surface area contributed by atoms with E-state index in [1.54, 1.807) is 0 Å². The van der Waals surface area contributed by atoms with Crippen LogP contribution in [0.1, 0.15) is 6.42 Å². The van der Waals surface area contributed by atoms with Gasteiger partial charge in [-0.05, 0) is 0 Å². The predicted octanol–water partition coefficient (Wildman–Crippen LogP) is 0.0595. The molecule has 1 aliphatic heterocycles. The van der Waals surface area contributed by atoms with Crippen molar-refractivity contribution in [2.45, 2.75) is 6.42 Å². The van der Waals surface area contributed by atoms with E-state index < -0.39 is 0 Å². The lowest BCUT2D eigenvalue weighted by Crippen LogP contribution is -2.46. The maximum Gasteiger partial charge on any atom is 0.321 e. The smallest absolute Gasteiger partial charge is 0.321 e. The van der Waals surface area contributed by atoms with Crippen LogP contribution < -0.4 is 10.6 Å². The summed E-state index contributed by atoms with van der Waals surface area (Å²) in [5, 5.41) is 4.53. The van der Waals surface area contributed by atoms with E-state index in [1.165, 1.54) is 0 Å². The minimum atomic E-state index is -0.388. The number of hydrogen-bond donors (Lipinski definition) is 2. The average Bonchev–Trinajstić information content (AvgIpc) is 1.64. The Morgan fingerprint density at radius 3 is 2.10 bits per heavy atom. The summed E-state index contributed by atoms with van der Waals surface area (Å²) in [6, 6.07) is -0.388. The Morgan fingerprint density at radius 1 is 1.20 bits per heavy atom. The normalized spacial score (nSPS) is 15.6. The number of amides is 3. The van der Waals surface area contributed by atoms with Gasteiger partial charge in [-0.2, -0.15) is 0 Å². The lowest BCUT2D eigenvalue weighted by Gasteiger charge is -2.10. The summed E-state index contributed by atoms with van der Waals surface area (Å²) in [4.78, 5) is 20.5. The molecule has 6 heteroatoms. The maximum absolute atomic E-state index is 10.3. The van der Waals surface area contributed by atoms with E-state index in [0.717, 1.165) is 0 Å². The molecule has 0 aromatic rings. The van der Waals surface area contributed by atoms with E-state index in [4.69, 9.17) is 0 Å². The predicted molar refractivity (Wildman–Crippen MR) is 40.7 cm³/mol. The Labute approximate surface area is 70.6 Å². The van der Waals surface area contributed by atoms with Crippen molar-refractivity contribution in [2.24, 2.45) is 0 Å². The molecule has 0 atom stereocenters. The van der Waals surface area contributed by atoms with E-state index in [0.29, 0.717) is 13.0 Å². The van der Waals surface area contributed by atoms with Gasteiger partial charge in [-0.1, -0.05) is 0 Å². The lowest BCUT2D eigenvalue weighted by atomic mass is 10.3. The maximum atomic E-state index is 10.3. The topological polar surface area (TPSA) is 58.2 Å². The number of carbonyl (C=O) groups is 2. The standard InChI is InChI=1S/C4H6N2O2.2ClH/c7-3-1-2-5-4(8)6-3;;/h1-2H2,(H2,5,6,7,8);2*1H. The van der Waals surface area contributed by atoms with Gasteiger partial charge in [-0.25, -0.2) is 4.79 Å². The van der Waals surface area contributed by atoms with Gasteiger partial charge in [0.05, 0.1) is 0 Å². The highest BCUT2D eigenvalue weighted by molar-refractivity contribution is 5.96. The Morgan fingerprint density at radius 2 is 1.80 bits per heavy atom. The molecule has 1 aliphatic rings. The molecular formula is C4H8Cl2N2O2. The van der Waals surface area contributed by atoms with Crippen LogP contribution in [0.4, 0.5) is 4.79 Å². The van der Waals surface area contributed by atoms with Gasteiger partial charge in [0.1, 0.15) is 0 Å². The molecule has 0 aliphatic carbocycles. The summed E-state index contributed by atoms with van der Waals surface area (Å²) in [6.07, 6.45) is 0.395. The molecular weight excluding hydrogens is 179 g/mol. The fourth-order valence-electron chi connectivity index (χ4n) is 0.523. The molecule has 3 amide bonds. The van der Waals surface area contributed by atoms with E-state index >= 15 is 0 Å². The van der Waals surface area contributed by atoms with E-state index in [9.17, 15) is 9.59 Å². The van der Waals surface area contributed by atoms with Crippen LogP contribution in [-0.4, -0.2) is 18.5 Å². The van der Waals surface area contributed by atoms with Crippen molar-refractivity contribution in [2.75, 3.05) is 6.54 Å². The number of urea groups is 1. The van der Waals surface area contributed by atoms with Crippen LogP contribution in [0.25, 0.3) is 0 Å². The number of hydrogen-bond acceptors (Lipinski definition) is 2. The van der Waals surface area contributed by atoms with Crippen molar-refractivity contribution in [3.05, 3.63) is 0 Å². The first-order valence-electron chi connectivity index (χ1n) is 2.37. The number of carbonyl (C=O) groups excluding carboxylic acids is 2. The third-order valence-corrected chi connectivity index (χ3v) is 0.891. The van der Waals surface area contributed by atoms with Crippen LogP contribution in [0.15, 0.2) is 0 Å². The van der Waals surface area contributed by atoms with E-state index in [1.807, 2.05) is 0 Å². The summed E-state index contributed by atoms with van der Waals surface area (Å²) in [6.45, 7) is 0.463. The second-order valence-electron chi connectivity index (χ2n) is 1.55. The van der Waals surface area contributed by atoms with Crippen LogP contribution in [0.5, 0.6) is 0 Å². The summed E-state index contributed by atoms with van der Waals surface area (Å²) in [5.74, 6) is -0.200. The van der Waals surface area contributed by atoms with E-state index in [2.05, 4.69) is 10.6 Å². The van der Waals surface area contributed by atoms with Crippen LogP contribution in [0.3, 0.4) is 0 Å². The highest BCUT2D eigenvalue weighted by Crippen LogP contribution is 1.82. The first kappa shape index (κ1) is 12.2. The lowest BCUT2D eigenvalue weighted by molar-refractivity contribution is -0.120. The largest absolute Gasteiger partial charge is 0.337 e. The van der Waals surface area contributed by atoms with Gasteiger partial charge in [0.15, 0.2) is 0 Å². The number of halogens is 2. The van der Waals surface area contributed by atoms with Crippen LogP contribution in [0.2, 0.25) is 0 Å². The molecule has 0 bridgehead atoms. The van der Waals surface area contributed by atoms with Crippen molar-refractivity contribution in [3.8, 4) is 0 Å². The van der Waals surface area contributed by atoms with Gasteiger partial charge >= 0.3 is 6.03 Å². The number of rotatable bonds is 0. The molecule has 1 rings (SSSR count). The molecule has 1 saturated heterocycles. The third-order valence-electron chi connectivity index (χ3n) is 0.891. The minimum Gasteiger partial charge on any atom is -0.337 e. The molecule has 0 saturated carbocycles. The highest BCUT2D eigenvalue weighted by Gasteiger charge is 2.11. The van der Waals surface area contributed by atoms with Gasteiger partial charge in [-0.3, -0.25) is 10.1 Å². The summed E-state index contributed by atoms with van der Waals surface area (Å²) in [5.41, 5.74) is 0. The zero-order valence-corrected chi connectivity index (χ0v) is 6.68. The van der Waals surface area contributed by atoms with Crippen molar-refractivity contribution in [3.63, 3.8) is 0 Å². The molecule has 0 aromatic heterocycles. The molecule has 4 nitrogen and oxygen atoms in total. The van der Waals surface area contributed by atoms with Crippen LogP contribution >= 0.6 is 24.8 Å². The van der Waals surface area contributed by atoms with Crippen molar-refractivity contribution < 1.29 is 9.59 Å². The number of imide groups is 1. The van der Waals surface area contributed by atoms with E-state index in [-0.39, 0.29) is 36.8 Å². The molecule has 60 valence electrons. The first-order valence-corrected chi connectivity index (χ1v) is 2.37. The molecule has 0 radical (unpaired) electrons. The molecule has 0 spiro atoms. The highest BCUT2D eigenvalue weighted by atomic mass is 35.5. The Bertz CT molecular complexity index is 125. The molecule has 1 heterocycles. The molecule has 2 N–H and O–H groups in total. The van der Waals surface area contributed by atoms with Crippen molar-refractivity contribution >= 4 is 36.8 Å². The minimum absolute atomic E-state index is 0. The van der Waals surface area contributed by atoms with Gasteiger partial charge in [0, 0.05) is 13.0 Å². The van der Waals surface area contributed by atoms with Gasteiger partial charge in [-0.15, -0.1) is 24.8 Å². The Balaban J connectivity index is 0. The quantitative estimate of drug-likeness (QED) is 0.563. The van der Waals surface area contributed by atoms with Gasteiger partial charge in [0.2, 0.25) is 5.91 Å². The second kappa shape index (κ2) is 5.32. The molecule has 10 heavy (non-hydrogen) atoms. The Hall–Kier alpha value is -0.480. The SMILES string of the molecule is Cl.Cl.O=C1CCNC(=O)N1. The monoisotopic (exact) mass is 186 g/mol. The fraction of sp³-hybridized carbons (Fsp3) is 0.500. The zero-order valence-electron chi connectivity index (χ0n) is 5.05. The third kappa shape index (κ3) is 3.53. The molecule has 0 aromatic carbocycles.